The van der Waals surface area contributed by atoms with Crippen molar-refractivity contribution in [2.75, 3.05) is 29.9 Å². The predicted octanol–water partition coefficient (Wildman–Crippen LogP) is 2.34. The summed E-state index contributed by atoms with van der Waals surface area (Å²) in [5.74, 6) is -1.55. The Morgan fingerprint density at radius 3 is 2.32 bits per heavy atom. The zero-order chi connectivity index (χ0) is 22.4. The summed E-state index contributed by atoms with van der Waals surface area (Å²) in [5, 5.41) is 5.19. The fourth-order valence-corrected chi connectivity index (χ4v) is 3.35. The smallest absolute Gasteiger partial charge is 0.325 e. The number of hydrogen-bond acceptors (Lipinski definition) is 5. The van der Waals surface area contributed by atoms with Crippen LogP contribution in [0.2, 0.25) is 0 Å². The van der Waals surface area contributed by atoms with Gasteiger partial charge in [-0.15, -0.1) is 0 Å². The summed E-state index contributed by atoms with van der Waals surface area (Å²) in [6.45, 7) is 3.62. The molecule has 0 saturated carbocycles. The van der Waals surface area contributed by atoms with E-state index in [0.717, 1.165) is 23.2 Å². The van der Waals surface area contributed by atoms with Gasteiger partial charge in [-0.2, -0.15) is 0 Å². The maximum Gasteiger partial charge on any atom is 0.325 e. The fraction of sp³-hybridized carbons (Fsp3) is 0.304. The van der Waals surface area contributed by atoms with Gasteiger partial charge in [-0.05, 0) is 55.7 Å². The van der Waals surface area contributed by atoms with Gasteiger partial charge in [0.2, 0.25) is 5.91 Å². The van der Waals surface area contributed by atoms with Crippen LogP contribution in [-0.2, 0) is 19.1 Å². The van der Waals surface area contributed by atoms with Crippen LogP contribution in [0.3, 0.4) is 0 Å². The second-order valence-electron chi connectivity index (χ2n) is 7.35. The van der Waals surface area contributed by atoms with Crippen LogP contribution in [0.25, 0.3) is 0 Å². The highest BCUT2D eigenvalue weighted by molar-refractivity contribution is 5.98. The molecule has 162 valence electrons. The summed E-state index contributed by atoms with van der Waals surface area (Å²) in [7, 11) is 0. The van der Waals surface area contributed by atoms with E-state index in [1.165, 1.54) is 0 Å². The molecule has 2 aromatic rings. The number of anilines is 2. The van der Waals surface area contributed by atoms with Crippen LogP contribution in [0.1, 0.15) is 34.3 Å². The van der Waals surface area contributed by atoms with E-state index in [0.29, 0.717) is 24.2 Å². The van der Waals surface area contributed by atoms with E-state index in [1.807, 2.05) is 32.0 Å². The summed E-state index contributed by atoms with van der Waals surface area (Å²) in [6.07, 6.45) is 1.36. The van der Waals surface area contributed by atoms with Crippen molar-refractivity contribution in [1.82, 2.24) is 5.32 Å². The van der Waals surface area contributed by atoms with Crippen molar-refractivity contribution in [3.63, 3.8) is 0 Å². The average molecular weight is 423 g/mol. The Kier molecular flexibility index (Phi) is 7.02. The molecule has 31 heavy (non-hydrogen) atoms. The number of amides is 3. The van der Waals surface area contributed by atoms with Gasteiger partial charge in [-0.3, -0.25) is 19.2 Å². The van der Waals surface area contributed by atoms with Gasteiger partial charge in [-0.25, -0.2) is 0 Å². The number of rotatable bonds is 7. The van der Waals surface area contributed by atoms with E-state index in [1.54, 1.807) is 29.2 Å². The predicted molar refractivity (Wildman–Crippen MR) is 116 cm³/mol. The van der Waals surface area contributed by atoms with Crippen LogP contribution in [0, 0.1) is 13.8 Å². The lowest BCUT2D eigenvalue weighted by molar-refractivity contribution is -0.146. The summed E-state index contributed by atoms with van der Waals surface area (Å²) in [6, 6.07) is 12.2. The first-order valence-corrected chi connectivity index (χ1v) is 10.1. The van der Waals surface area contributed by atoms with Crippen molar-refractivity contribution in [1.29, 1.82) is 0 Å². The lowest BCUT2D eigenvalue weighted by atomic mass is 10.1. The first-order valence-electron chi connectivity index (χ1n) is 10.1. The third-order valence-electron chi connectivity index (χ3n) is 5.02. The molecule has 2 N–H and O–H groups in total. The third kappa shape index (κ3) is 5.69. The van der Waals surface area contributed by atoms with Crippen molar-refractivity contribution in [2.24, 2.45) is 0 Å². The number of hydrogen-bond donors (Lipinski definition) is 2. The van der Waals surface area contributed by atoms with Gasteiger partial charge in [0.05, 0.1) is 0 Å². The van der Waals surface area contributed by atoms with Crippen LogP contribution in [0.4, 0.5) is 11.4 Å². The van der Waals surface area contributed by atoms with Crippen molar-refractivity contribution in [3.8, 4) is 0 Å². The molecule has 1 heterocycles. The Bertz CT molecular complexity index is 981. The molecule has 1 saturated heterocycles. The molecule has 0 aliphatic carbocycles. The molecule has 8 nitrogen and oxygen atoms in total. The van der Waals surface area contributed by atoms with E-state index in [9.17, 15) is 19.2 Å². The molecule has 0 spiro atoms. The number of para-hydroxylation sites is 1. The van der Waals surface area contributed by atoms with Crippen LogP contribution in [-0.4, -0.2) is 43.4 Å². The Hall–Kier alpha value is -3.68. The summed E-state index contributed by atoms with van der Waals surface area (Å²) < 4.78 is 4.93. The second kappa shape index (κ2) is 9.88. The normalized spacial score (nSPS) is 13.1. The largest absolute Gasteiger partial charge is 0.454 e. The van der Waals surface area contributed by atoms with E-state index in [-0.39, 0.29) is 12.5 Å². The second-order valence-corrected chi connectivity index (χ2v) is 7.35. The summed E-state index contributed by atoms with van der Waals surface area (Å²) in [5.41, 5.74) is 3.61. The number of nitrogens with one attached hydrogen (secondary N) is 2. The number of carbonyl (C=O) groups is 4. The molecular formula is C23H25N3O5. The summed E-state index contributed by atoms with van der Waals surface area (Å²) in [4.78, 5) is 49.6. The first-order chi connectivity index (χ1) is 14.8. The van der Waals surface area contributed by atoms with Crippen LogP contribution in [0.5, 0.6) is 0 Å². The highest BCUT2D eigenvalue weighted by Crippen LogP contribution is 2.21. The van der Waals surface area contributed by atoms with Gasteiger partial charge in [0, 0.05) is 29.9 Å². The number of benzene rings is 2. The molecule has 8 heteroatoms. The molecule has 3 rings (SSSR count). The molecular weight excluding hydrogens is 398 g/mol. The maximum atomic E-state index is 12.2. The average Bonchev–Trinajstić information content (AvgIpc) is 3.19. The highest BCUT2D eigenvalue weighted by atomic mass is 16.5. The third-order valence-corrected chi connectivity index (χ3v) is 5.02. The zero-order valence-corrected chi connectivity index (χ0v) is 17.6. The van der Waals surface area contributed by atoms with Crippen molar-refractivity contribution >= 4 is 35.1 Å². The molecule has 0 aromatic heterocycles. The zero-order valence-electron chi connectivity index (χ0n) is 17.6. The molecule has 0 atom stereocenters. The minimum absolute atomic E-state index is 0.0709. The Labute approximate surface area is 180 Å². The maximum absolute atomic E-state index is 12.2. The van der Waals surface area contributed by atoms with Crippen molar-refractivity contribution < 1.29 is 23.9 Å². The number of nitrogens with zero attached hydrogens (tertiary/aromatic N) is 1. The fourth-order valence-electron chi connectivity index (χ4n) is 3.35. The molecule has 3 amide bonds. The van der Waals surface area contributed by atoms with Gasteiger partial charge in [-0.1, -0.05) is 18.2 Å². The quantitative estimate of drug-likeness (QED) is 0.665. The highest BCUT2D eigenvalue weighted by Gasteiger charge is 2.21. The number of carbonyl (C=O) groups excluding carboxylic acids is 4. The van der Waals surface area contributed by atoms with E-state index >= 15 is 0 Å². The van der Waals surface area contributed by atoms with Crippen LogP contribution >= 0.6 is 0 Å². The topological polar surface area (TPSA) is 105 Å². The first kappa shape index (κ1) is 22.0. The molecule has 1 aliphatic heterocycles. The Morgan fingerprint density at radius 2 is 1.71 bits per heavy atom. The lowest BCUT2D eigenvalue weighted by Crippen LogP contribution is -2.32. The summed E-state index contributed by atoms with van der Waals surface area (Å²) >= 11 is 0. The van der Waals surface area contributed by atoms with Gasteiger partial charge in [0.1, 0.15) is 6.54 Å². The van der Waals surface area contributed by atoms with Gasteiger partial charge in [0.15, 0.2) is 6.61 Å². The molecule has 0 bridgehead atoms. The van der Waals surface area contributed by atoms with E-state index < -0.39 is 24.4 Å². The SMILES string of the molecule is Cc1cccc(C)c1NC(=O)COC(=O)CNC(=O)c1ccc(N2CCCC2=O)cc1. The monoisotopic (exact) mass is 423 g/mol. The number of aryl methyl sites for hydroxylation is 2. The molecule has 1 aliphatic rings. The Balaban J connectivity index is 1.43. The minimum atomic E-state index is -0.718. The Morgan fingerprint density at radius 1 is 1.03 bits per heavy atom. The number of ether oxygens (including phenoxy) is 1. The van der Waals surface area contributed by atoms with E-state index in [2.05, 4.69) is 10.6 Å². The molecule has 0 radical (unpaired) electrons. The van der Waals surface area contributed by atoms with Gasteiger partial charge >= 0.3 is 5.97 Å². The van der Waals surface area contributed by atoms with E-state index in [4.69, 9.17) is 4.74 Å². The molecule has 1 fully saturated rings. The molecule has 2 aromatic carbocycles. The van der Waals surface area contributed by atoms with Gasteiger partial charge < -0.3 is 20.3 Å². The van der Waals surface area contributed by atoms with Crippen molar-refractivity contribution in [2.45, 2.75) is 26.7 Å². The van der Waals surface area contributed by atoms with Gasteiger partial charge in [0.25, 0.3) is 11.8 Å². The van der Waals surface area contributed by atoms with Crippen LogP contribution in [0.15, 0.2) is 42.5 Å². The molecule has 0 unspecified atom stereocenters. The standard InChI is InChI=1S/C23H25N3O5/c1-15-5-3-6-16(2)22(15)25-19(27)14-31-21(29)13-24-23(30)17-8-10-18(11-9-17)26-12-4-7-20(26)28/h3,5-6,8-11H,4,7,12-14H2,1-2H3,(H,24,30)(H,25,27). The van der Waals surface area contributed by atoms with Crippen LogP contribution < -0.4 is 15.5 Å². The number of esters is 1. The minimum Gasteiger partial charge on any atom is -0.454 e. The van der Waals surface area contributed by atoms with Crippen molar-refractivity contribution in [3.05, 3.63) is 59.2 Å². The lowest BCUT2D eigenvalue weighted by Gasteiger charge is -2.15.